The van der Waals surface area contributed by atoms with Gasteiger partial charge >= 0.3 is 10.3 Å². The number of aryl methyl sites for hydroxylation is 2. The van der Waals surface area contributed by atoms with Crippen LogP contribution in [-0.2, 0) is 26.3 Å². The number of carbonyl (C=O) groups excluding carboxylic acids is 2. The number of amides is 1. The van der Waals surface area contributed by atoms with Crippen LogP contribution in [0.4, 0.5) is 5.13 Å². The van der Waals surface area contributed by atoms with E-state index in [9.17, 15) is 18.0 Å². The zero-order valence-corrected chi connectivity index (χ0v) is 24.2. The summed E-state index contributed by atoms with van der Waals surface area (Å²) in [6, 6.07) is 5.67. The Morgan fingerprint density at radius 2 is 2.08 bits per heavy atom. The summed E-state index contributed by atoms with van der Waals surface area (Å²) >= 11 is 1.47. The van der Waals surface area contributed by atoms with Crippen LogP contribution in [0.25, 0.3) is 0 Å². The Bertz CT molecular complexity index is 1340. The number of hydrogen-bond acceptors (Lipinski definition) is 7. The number of carbonyl (C=O) groups is 2. The summed E-state index contributed by atoms with van der Waals surface area (Å²) < 4.78 is 30.7. The highest BCUT2D eigenvalue weighted by Crippen LogP contribution is 2.62. The third-order valence-electron chi connectivity index (χ3n) is 9.04. The molecule has 0 aliphatic heterocycles. The van der Waals surface area contributed by atoms with Gasteiger partial charge in [-0.05, 0) is 92.4 Å². The van der Waals surface area contributed by atoms with Gasteiger partial charge in [0.05, 0.1) is 0 Å². The Balaban J connectivity index is 1.28. The normalized spacial score (nSPS) is 28.5. The van der Waals surface area contributed by atoms with Crippen molar-refractivity contribution in [3.63, 3.8) is 0 Å². The van der Waals surface area contributed by atoms with E-state index in [1.54, 1.807) is 12.3 Å². The van der Waals surface area contributed by atoms with Crippen LogP contribution in [-0.4, -0.2) is 43.5 Å². The number of rotatable bonds is 8. The molecule has 10 heteroatoms. The first-order valence-corrected chi connectivity index (χ1v) is 15.7. The minimum Gasteiger partial charge on any atom is -0.371 e. The van der Waals surface area contributed by atoms with Gasteiger partial charge in [-0.1, -0.05) is 13.0 Å². The number of ketones is 1. The lowest BCUT2D eigenvalue weighted by atomic mass is 9.54. The van der Waals surface area contributed by atoms with Gasteiger partial charge in [-0.25, -0.2) is 4.98 Å². The molecule has 8 nitrogen and oxygen atoms in total. The molecule has 0 saturated heterocycles. The maximum absolute atomic E-state index is 13.3. The van der Waals surface area contributed by atoms with E-state index in [1.165, 1.54) is 31.0 Å². The molecule has 2 aromatic rings. The SMILES string of the molecule is Cc1cnc(NC(=O)CCC[C@@H]2CC(=O)[C@@]3(C)CCC4c5ccc(OS(=O)(=O)N(C)C)cc5CCC4C23)s1. The number of nitrogens with one attached hydrogen (secondary N) is 1. The molecule has 2 saturated carbocycles. The van der Waals surface area contributed by atoms with Crippen molar-refractivity contribution >= 4 is 38.5 Å². The maximum atomic E-state index is 13.3. The molecule has 1 aromatic heterocycles. The van der Waals surface area contributed by atoms with Crippen LogP contribution < -0.4 is 9.50 Å². The molecule has 0 spiro atoms. The maximum Gasteiger partial charge on any atom is 0.384 e. The average molecular weight is 560 g/mol. The number of nitrogens with zero attached hydrogens (tertiary/aromatic N) is 2. The fourth-order valence-corrected chi connectivity index (χ4v) is 8.43. The minimum absolute atomic E-state index is 0.0196. The molecular formula is C28H37N3O5S2. The van der Waals surface area contributed by atoms with Crippen LogP contribution in [0.5, 0.6) is 5.75 Å². The van der Waals surface area contributed by atoms with Crippen LogP contribution in [0.1, 0.15) is 73.8 Å². The molecule has 3 unspecified atom stereocenters. The summed E-state index contributed by atoms with van der Waals surface area (Å²) in [5.74, 6) is 2.10. The molecule has 38 heavy (non-hydrogen) atoms. The van der Waals surface area contributed by atoms with Crippen molar-refractivity contribution in [1.29, 1.82) is 0 Å². The third kappa shape index (κ3) is 5.14. The Labute approximate surface area is 229 Å². The molecular weight excluding hydrogens is 522 g/mol. The zero-order valence-electron chi connectivity index (χ0n) is 22.5. The molecule has 5 rings (SSSR count). The van der Waals surface area contributed by atoms with Gasteiger partial charge in [0.15, 0.2) is 5.13 Å². The molecule has 1 heterocycles. The Morgan fingerprint density at radius 3 is 2.79 bits per heavy atom. The predicted octanol–water partition coefficient (Wildman–Crippen LogP) is 5.10. The molecule has 5 atom stereocenters. The number of thiazole rings is 1. The number of fused-ring (bicyclic) bond motifs is 5. The monoisotopic (exact) mass is 559 g/mol. The highest BCUT2D eigenvalue weighted by molar-refractivity contribution is 7.84. The van der Waals surface area contributed by atoms with Crippen molar-refractivity contribution in [3.8, 4) is 5.75 Å². The lowest BCUT2D eigenvalue weighted by molar-refractivity contribution is -0.129. The van der Waals surface area contributed by atoms with Gasteiger partial charge in [0.2, 0.25) is 5.91 Å². The van der Waals surface area contributed by atoms with E-state index in [0.717, 1.165) is 53.3 Å². The van der Waals surface area contributed by atoms with Crippen molar-refractivity contribution in [2.45, 2.75) is 71.1 Å². The van der Waals surface area contributed by atoms with Gasteiger partial charge in [-0.3, -0.25) is 9.59 Å². The molecule has 0 bridgehead atoms. The van der Waals surface area contributed by atoms with Gasteiger partial charge < -0.3 is 9.50 Å². The first-order valence-electron chi connectivity index (χ1n) is 13.5. The number of Topliss-reactive ketones (excluding diaryl/α,β-unsaturated/α-hetero) is 1. The molecule has 0 radical (unpaired) electrons. The smallest absolute Gasteiger partial charge is 0.371 e. The zero-order chi connectivity index (χ0) is 27.2. The second-order valence-corrected chi connectivity index (χ2v) is 14.6. The highest BCUT2D eigenvalue weighted by Gasteiger charge is 2.58. The average Bonchev–Trinajstić information content (AvgIpc) is 3.37. The van der Waals surface area contributed by atoms with Crippen LogP contribution >= 0.6 is 11.3 Å². The van der Waals surface area contributed by atoms with Crippen LogP contribution in [0, 0.1) is 30.1 Å². The van der Waals surface area contributed by atoms with Crippen molar-refractivity contribution in [3.05, 3.63) is 40.4 Å². The van der Waals surface area contributed by atoms with E-state index < -0.39 is 10.3 Å². The Morgan fingerprint density at radius 1 is 1.29 bits per heavy atom. The molecule has 206 valence electrons. The van der Waals surface area contributed by atoms with Crippen molar-refractivity contribution in [2.24, 2.45) is 23.2 Å². The van der Waals surface area contributed by atoms with E-state index in [2.05, 4.69) is 17.2 Å². The lowest BCUT2D eigenvalue weighted by Crippen LogP contribution is -2.44. The van der Waals surface area contributed by atoms with E-state index in [-0.39, 0.29) is 11.3 Å². The molecule has 1 N–H and O–H groups in total. The van der Waals surface area contributed by atoms with Crippen LogP contribution in [0.15, 0.2) is 24.4 Å². The summed E-state index contributed by atoms with van der Waals surface area (Å²) in [6.45, 7) is 4.14. The molecule has 1 amide bonds. The quantitative estimate of drug-likeness (QED) is 0.483. The first kappa shape index (κ1) is 27.3. The first-order chi connectivity index (χ1) is 18.0. The van der Waals surface area contributed by atoms with Crippen molar-refractivity contribution in [2.75, 3.05) is 19.4 Å². The van der Waals surface area contributed by atoms with Gasteiger partial charge in [0.1, 0.15) is 11.5 Å². The van der Waals surface area contributed by atoms with E-state index in [1.807, 2.05) is 19.1 Å². The van der Waals surface area contributed by atoms with Gasteiger partial charge in [0, 0.05) is 43.4 Å². The number of hydrogen-bond donors (Lipinski definition) is 1. The second kappa shape index (κ2) is 10.4. The number of benzene rings is 1. The summed E-state index contributed by atoms with van der Waals surface area (Å²) in [5, 5.41) is 3.53. The Hall–Kier alpha value is -2.30. The summed E-state index contributed by atoms with van der Waals surface area (Å²) in [5.41, 5.74) is 2.14. The topological polar surface area (TPSA) is 106 Å². The van der Waals surface area contributed by atoms with Crippen molar-refractivity contribution in [1.82, 2.24) is 9.29 Å². The molecule has 3 aliphatic rings. The minimum atomic E-state index is -3.80. The number of anilines is 1. The van der Waals surface area contributed by atoms with Gasteiger partial charge in [0.25, 0.3) is 0 Å². The van der Waals surface area contributed by atoms with E-state index >= 15 is 0 Å². The highest BCUT2D eigenvalue weighted by atomic mass is 32.2. The fraction of sp³-hybridized carbons (Fsp3) is 0.607. The molecule has 3 aliphatic carbocycles. The van der Waals surface area contributed by atoms with E-state index in [4.69, 9.17) is 4.18 Å². The lowest BCUT2D eigenvalue weighted by Gasteiger charge is -2.50. The third-order valence-corrected chi connectivity index (χ3v) is 11.2. The second-order valence-electron chi connectivity index (χ2n) is 11.6. The van der Waals surface area contributed by atoms with E-state index in [0.29, 0.717) is 53.2 Å². The predicted molar refractivity (Wildman–Crippen MR) is 148 cm³/mol. The van der Waals surface area contributed by atoms with Crippen LogP contribution in [0.3, 0.4) is 0 Å². The largest absolute Gasteiger partial charge is 0.384 e. The molecule has 1 aromatic carbocycles. The van der Waals surface area contributed by atoms with Gasteiger partial charge in [-0.2, -0.15) is 12.7 Å². The molecule has 2 fully saturated rings. The Kier molecular flexibility index (Phi) is 7.43. The standard InChI is InChI=1S/C28H37N3O5S2/c1-17-16-29-27(37-17)30-25(33)7-5-6-19-15-24(32)28(2)13-12-22-21-11-9-20(36-38(34,35)31(3)4)14-18(21)8-10-23(22)26(19)28/h9,11,14,16,19,22-23,26H,5-8,10,12-13,15H2,1-4H3,(H,29,30,33)/t19-,22?,23?,26?,28-/m1/s1. The van der Waals surface area contributed by atoms with Crippen molar-refractivity contribution < 1.29 is 22.2 Å². The fourth-order valence-electron chi connectivity index (χ4n) is 7.25. The summed E-state index contributed by atoms with van der Waals surface area (Å²) in [7, 11) is -0.903. The summed E-state index contributed by atoms with van der Waals surface area (Å²) in [6.07, 6.45) is 8.11. The van der Waals surface area contributed by atoms with Crippen LogP contribution in [0.2, 0.25) is 0 Å². The summed E-state index contributed by atoms with van der Waals surface area (Å²) in [4.78, 5) is 31.0. The van der Waals surface area contributed by atoms with Gasteiger partial charge in [-0.15, -0.1) is 11.3 Å². The number of aromatic nitrogens is 1.